The van der Waals surface area contributed by atoms with Crippen molar-refractivity contribution in [2.45, 2.75) is 19.4 Å². The average Bonchev–Trinajstić information content (AvgIpc) is 3.08. The van der Waals surface area contributed by atoms with Crippen molar-refractivity contribution in [3.8, 4) is 0 Å². The first-order valence-electron chi connectivity index (χ1n) is 7.67. The second kappa shape index (κ2) is 8.55. The molecular weight excluding hydrogens is 310 g/mol. The Kier molecular flexibility index (Phi) is 6.43. The Balaban J connectivity index is 2.07. The molecule has 5 nitrogen and oxygen atoms in total. The lowest BCUT2D eigenvalue weighted by atomic mass is 10.2. The zero-order chi connectivity index (χ0) is 16.7. The van der Waals surface area contributed by atoms with E-state index in [9.17, 15) is 9.90 Å². The Labute approximate surface area is 140 Å². The van der Waals surface area contributed by atoms with Crippen LogP contribution in [0.1, 0.15) is 24.3 Å². The second-order valence-corrected chi connectivity index (χ2v) is 6.19. The van der Waals surface area contributed by atoms with E-state index in [0.717, 1.165) is 22.8 Å². The van der Waals surface area contributed by atoms with Gasteiger partial charge in [-0.2, -0.15) is 0 Å². The minimum atomic E-state index is -0.270. The third-order valence-electron chi connectivity index (χ3n) is 3.65. The van der Waals surface area contributed by atoms with Gasteiger partial charge in [-0.15, -0.1) is 11.3 Å². The number of hydrogen-bond donors (Lipinski definition) is 3. The number of nitrogens with one attached hydrogen (secondary N) is 2. The maximum Gasteiger partial charge on any atom is 0.319 e. The summed E-state index contributed by atoms with van der Waals surface area (Å²) in [5.41, 5.74) is 1.74. The summed E-state index contributed by atoms with van der Waals surface area (Å²) in [6.07, 6.45) is 0.491. The molecule has 0 spiro atoms. The SMILES string of the molecule is CCN(C)c1ccccc1NC(=O)N[C@H](CCO)c1cccs1. The van der Waals surface area contributed by atoms with Crippen LogP contribution < -0.4 is 15.5 Å². The van der Waals surface area contributed by atoms with Gasteiger partial charge in [0.1, 0.15) is 0 Å². The van der Waals surface area contributed by atoms with Gasteiger partial charge in [-0.05, 0) is 36.9 Å². The summed E-state index contributed by atoms with van der Waals surface area (Å²) in [7, 11) is 1.98. The number of nitrogens with zero attached hydrogens (tertiary/aromatic N) is 1. The van der Waals surface area contributed by atoms with Gasteiger partial charge in [0.2, 0.25) is 0 Å². The summed E-state index contributed by atoms with van der Waals surface area (Å²) in [6, 6.07) is 11.2. The molecule has 23 heavy (non-hydrogen) atoms. The first kappa shape index (κ1) is 17.3. The van der Waals surface area contributed by atoms with Crippen molar-refractivity contribution in [1.82, 2.24) is 5.32 Å². The summed E-state index contributed by atoms with van der Waals surface area (Å²) < 4.78 is 0. The van der Waals surface area contributed by atoms with Crippen LogP contribution in [0.2, 0.25) is 0 Å². The Morgan fingerprint density at radius 2 is 2.09 bits per heavy atom. The molecule has 2 aromatic rings. The van der Waals surface area contributed by atoms with Crippen LogP contribution in [0.25, 0.3) is 0 Å². The minimum Gasteiger partial charge on any atom is -0.396 e. The summed E-state index contributed by atoms with van der Waals surface area (Å²) in [6.45, 7) is 2.94. The lowest BCUT2D eigenvalue weighted by molar-refractivity contribution is 0.239. The molecule has 0 aliphatic heterocycles. The molecule has 0 saturated carbocycles. The third-order valence-corrected chi connectivity index (χ3v) is 4.63. The number of aliphatic hydroxyl groups excluding tert-OH is 1. The fourth-order valence-corrected chi connectivity index (χ4v) is 3.12. The molecule has 1 heterocycles. The first-order chi connectivity index (χ1) is 11.2. The molecule has 1 aromatic carbocycles. The van der Waals surface area contributed by atoms with Crippen LogP contribution in [0.5, 0.6) is 0 Å². The highest BCUT2D eigenvalue weighted by molar-refractivity contribution is 7.10. The number of anilines is 2. The number of thiophene rings is 1. The largest absolute Gasteiger partial charge is 0.396 e. The van der Waals surface area contributed by atoms with Crippen LogP contribution in [-0.2, 0) is 0 Å². The highest BCUT2D eigenvalue weighted by Crippen LogP contribution is 2.25. The highest BCUT2D eigenvalue weighted by atomic mass is 32.1. The van der Waals surface area contributed by atoms with Gasteiger partial charge in [0, 0.05) is 25.1 Å². The van der Waals surface area contributed by atoms with Crippen molar-refractivity contribution in [3.05, 3.63) is 46.7 Å². The standard InChI is InChI=1S/C17H23N3O2S/c1-3-20(2)15-8-5-4-7-13(15)18-17(22)19-14(10-11-21)16-9-6-12-23-16/h4-9,12,14,21H,3,10-11H2,1-2H3,(H2,18,19,22)/t14-/m1/s1. The Morgan fingerprint density at radius 1 is 1.30 bits per heavy atom. The predicted octanol–water partition coefficient (Wildman–Crippen LogP) is 3.45. The molecule has 0 unspecified atom stereocenters. The van der Waals surface area contributed by atoms with Crippen LogP contribution in [0.15, 0.2) is 41.8 Å². The quantitative estimate of drug-likeness (QED) is 0.727. The maximum absolute atomic E-state index is 12.3. The van der Waals surface area contributed by atoms with Gasteiger partial charge in [0.05, 0.1) is 17.4 Å². The van der Waals surface area contributed by atoms with Crippen molar-refractivity contribution in [3.63, 3.8) is 0 Å². The molecule has 0 fully saturated rings. The Morgan fingerprint density at radius 3 is 2.74 bits per heavy atom. The molecule has 2 amide bonds. The van der Waals surface area contributed by atoms with Crippen LogP contribution in [0.3, 0.4) is 0 Å². The molecule has 0 aliphatic rings. The first-order valence-corrected chi connectivity index (χ1v) is 8.55. The predicted molar refractivity (Wildman–Crippen MR) is 96.3 cm³/mol. The van der Waals surface area contributed by atoms with Crippen molar-refractivity contribution in [1.29, 1.82) is 0 Å². The molecule has 0 saturated heterocycles. The van der Waals surface area contributed by atoms with E-state index in [1.807, 2.05) is 48.8 Å². The van der Waals surface area contributed by atoms with Crippen molar-refractivity contribution in [2.75, 3.05) is 30.4 Å². The number of urea groups is 1. The number of aliphatic hydroxyl groups is 1. The maximum atomic E-state index is 12.3. The molecule has 0 bridgehead atoms. The zero-order valence-corrected chi connectivity index (χ0v) is 14.3. The molecule has 0 aliphatic carbocycles. The van der Waals surface area contributed by atoms with Crippen LogP contribution in [-0.4, -0.2) is 31.3 Å². The molecule has 0 radical (unpaired) electrons. The Bertz CT molecular complexity index is 616. The van der Waals surface area contributed by atoms with Crippen molar-refractivity contribution >= 4 is 28.7 Å². The van der Waals surface area contributed by atoms with E-state index >= 15 is 0 Å². The number of benzene rings is 1. The number of rotatable bonds is 7. The lowest BCUT2D eigenvalue weighted by Gasteiger charge is -2.22. The number of amides is 2. The fourth-order valence-electron chi connectivity index (χ4n) is 2.30. The molecule has 1 atom stereocenters. The molecule has 1 aromatic heterocycles. The number of para-hydroxylation sites is 2. The van der Waals surface area contributed by atoms with Crippen LogP contribution >= 0.6 is 11.3 Å². The topological polar surface area (TPSA) is 64.6 Å². The molecule has 124 valence electrons. The smallest absolute Gasteiger partial charge is 0.319 e. The van der Waals surface area contributed by atoms with Gasteiger partial charge < -0.3 is 20.6 Å². The van der Waals surface area contributed by atoms with Gasteiger partial charge in [-0.25, -0.2) is 4.79 Å². The van der Waals surface area contributed by atoms with Crippen LogP contribution in [0, 0.1) is 0 Å². The van der Waals surface area contributed by atoms with Gasteiger partial charge in [0.15, 0.2) is 0 Å². The van der Waals surface area contributed by atoms with E-state index in [1.165, 1.54) is 0 Å². The molecule has 2 rings (SSSR count). The van der Waals surface area contributed by atoms with E-state index < -0.39 is 0 Å². The van der Waals surface area contributed by atoms with E-state index in [2.05, 4.69) is 22.5 Å². The summed E-state index contributed by atoms with van der Waals surface area (Å²) in [4.78, 5) is 15.4. The van der Waals surface area contributed by atoms with E-state index in [-0.39, 0.29) is 18.7 Å². The summed E-state index contributed by atoms with van der Waals surface area (Å²) in [5.74, 6) is 0. The fraction of sp³-hybridized carbons (Fsp3) is 0.353. The average molecular weight is 333 g/mol. The van der Waals surface area contributed by atoms with Crippen molar-refractivity contribution < 1.29 is 9.90 Å². The van der Waals surface area contributed by atoms with E-state index in [1.54, 1.807) is 11.3 Å². The van der Waals surface area contributed by atoms with Gasteiger partial charge >= 0.3 is 6.03 Å². The van der Waals surface area contributed by atoms with Crippen LogP contribution in [0.4, 0.5) is 16.2 Å². The molecule has 6 heteroatoms. The lowest BCUT2D eigenvalue weighted by Crippen LogP contribution is -2.33. The van der Waals surface area contributed by atoms with Gasteiger partial charge in [-0.3, -0.25) is 0 Å². The molecular formula is C17H23N3O2S. The van der Waals surface area contributed by atoms with Gasteiger partial charge in [0.25, 0.3) is 0 Å². The third kappa shape index (κ3) is 4.71. The Hall–Kier alpha value is -2.05. The van der Waals surface area contributed by atoms with E-state index in [4.69, 9.17) is 0 Å². The summed E-state index contributed by atoms with van der Waals surface area (Å²) in [5, 5.41) is 17.0. The second-order valence-electron chi connectivity index (χ2n) is 5.21. The zero-order valence-electron chi connectivity index (χ0n) is 13.5. The normalized spacial score (nSPS) is 11.8. The minimum absolute atomic E-state index is 0.0258. The summed E-state index contributed by atoms with van der Waals surface area (Å²) >= 11 is 1.57. The van der Waals surface area contributed by atoms with Crippen molar-refractivity contribution in [2.24, 2.45) is 0 Å². The number of carbonyl (C=O) groups is 1. The molecule has 3 N–H and O–H groups in total. The van der Waals surface area contributed by atoms with Gasteiger partial charge in [-0.1, -0.05) is 18.2 Å². The number of carbonyl (C=O) groups excluding carboxylic acids is 1. The highest BCUT2D eigenvalue weighted by Gasteiger charge is 2.16. The van der Waals surface area contributed by atoms with E-state index in [0.29, 0.717) is 6.42 Å². The number of hydrogen-bond acceptors (Lipinski definition) is 4. The monoisotopic (exact) mass is 333 g/mol.